The molecule has 0 aliphatic rings. The highest BCUT2D eigenvalue weighted by Gasteiger charge is 2.17. The van der Waals surface area contributed by atoms with Gasteiger partial charge in [0.05, 0.1) is 11.4 Å². The summed E-state index contributed by atoms with van der Waals surface area (Å²) in [5.41, 5.74) is 2.49. The van der Waals surface area contributed by atoms with E-state index in [1.165, 1.54) is 4.73 Å². The Morgan fingerprint density at radius 3 is 2.43 bits per heavy atom. The van der Waals surface area contributed by atoms with Crippen molar-refractivity contribution in [2.45, 2.75) is 13.8 Å². The molecular weight excluding hydrogens is 264 g/mol. The quantitative estimate of drug-likeness (QED) is 0.739. The summed E-state index contributed by atoms with van der Waals surface area (Å²) in [6, 6.07) is 17.3. The Morgan fingerprint density at radius 2 is 1.71 bits per heavy atom. The first-order valence-electron chi connectivity index (χ1n) is 6.92. The molecular formula is C17H16N2O2. The lowest BCUT2D eigenvalue weighted by molar-refractivity contribution is -0.147. The molecule has 0 N–H and O–H groups in total. The number of aromatic nitrogens is 2. The average Bonchev–Trinajstić information content (AvgIpc) is 2.87. The highest BCUT2D eigenvalue weighted by Crippen LogP contribution is 2.23. The van der Waals surface area contributed by atoms with Gasteiger partial charge in [-0.25, -0.2) is 9.78 Å². The molecule has 1 aromatic heterocycles. The van der Waals surface area contributed by atoms with Crippen LogP contribution in [0.25, 0.3) is 22.4 Å². The van der Waals surface area contributed by atoms with Crippen LogP contribution in [0.3, 0.4) is 0 Å². The molecule has 0 bridgehead atoms. The summed E-state index contributed by atoms with van der Waals surface area (Å²) in [5.74, 6) is 0.149. The number of hydrogen-bond donors (Lipinski definition) is 0. The van der Waals surface area contributed by atoms with Crippen molar-refractivity contribution in [2.75, 3.05) is 0 Å². The molecule has 0 amide bonds. The molecule has 21 heavy (non-hydrogen) atoms. The lowest BCUT2D eigenvalue weighted by atomic mass is 10.2. The Balaban J connectivity index is 2.17. The first-order valence-corrected chi connectivity index (χ1v) is 6.92. The van der Waals surface area contributed by atoms with Crippen LogP contribution in [0.15, 0.2) is 54.6 Å². The number of imidazole rings is 1. The first-order chi connectivity index (χ1) is 10.2. The summed E-state index contributed by atoms with van der Waals surface area (Å²) in [5, 5.41) is 0. The van der Waals surface area contributed by atoms with E-state index in [-0.39, 0.29) is 11.9 Å². The van der Waals surface area contributed by atoms with Crippen LogP contribution < -0.4 is 4.84 Å². The maximum absolute atomic E-state index is 12.0. The van der Waals surface area contributed by atoms with Gasteiger partial charge in [-0.15, -0.1) is 0 Å². The number of carbonyl (C=O) groups is 1. The zero-order chi connectivity index (χ0) is 14.8. The van der Waals surface area contributed by atoms with E-state index < -0.39 is 0 Å². The van der Waals surface area contributed by atoms with E-state index in [4.69, 9.17) is 4.84 Å². The van der Waals surface area contributed by atoms with Crippen LogP contribution in [0.2, 0.25) is 0 Å². The predicted molar refractivity (Wildman–Crippen MR) is 81.6 cm³/mol. The Morgan fingerprint density at radius 1 is 1.05 bits per heavy atom. The van der Waals surface area contributed by atoms with Gasteiger partial charge in [0.2, 0.25) is 0 Å². The molecule has 0 aliphatic carbocycles. The molecule has 1 heterocycles. The molecule has 4 heteroatoms. The van der Waals surface area contributed by atoms with Gasteiger partial charge >= 0.3 is 5.97 Å². The van der Waals surface area contributed by atoms with Gasteiger partial charge in [-0.2, -0.15) is 4.73 Å². The van der Waals surface area contributed by atoms with Crippen molar-refractivity contribution >= 4 is 17.0 Å². The molecule has 0 unspecified atom stereocenters. The summed E-state index contributed by atoms with van der Waals surface area (Å²) in [4.78, 5) is 22.1. The second kappa shape index (κ2) is 5.40. The molecule has 0 fully saturated rings. The van der Waals surface area contributed by atoms with Crippen molar-refractivity contribution in [3.8, 4) is 11.4 Å². The first kappa shape index (κ1) is 13.4. The number of hydrogen-bond acceptors (Lipinski definition) is 3. The second-order valence-corrected chi connectivity index (χ2v) is 5.15. The Hall–Kier alpha value is -2.62. The molecule has 0 saturated carbocycles. The van der Waals surface area contributed by atoms with E-state index in [9.17, 15) is 4.79 Å². The van der Waals surface area contributed by atoms with Gasteiger partial charge < -0.3 is 4.84 Å². The molecule has 0 saturated heterocycles. The fraction of sp³-hybridized carbons (Fsp3) is 0.176. The number of benzene rings is 2. The van der Waals surface area contributed by atoms with Gasteiger partial charge in [0.15, 0.2) is 5.82 Å². The lowest BCUT2D eigenvalue weighted by Gasteiger charge is -2.10. The topological polar surface area (TPSA) is 44.1 Å². The maximum Gasteiger partial charge on any atom is 0.335 e. The smallest absolute Gasteiger partial charge is 0.334 e. The Bertz CT molecular complexity index is 776. The zero-order valence-corrected chi connectivity index (χ0v) is 12.0. The van der Waals surface area contributed by atoms with Crippen LogP contribution in [0.1, 0.15) is 13.8 Å². The SMILES string of the molecule is CC(C)C(=O)On1c(-c2ccccc2)nc2ccccc21. The van der Waals surface area contributed by atoms with E-state index in [0.29, 0.717) is 5.82 Å². The van der Waals surface area contributed by atoms with Crippen molar-refractivity contribution in [1.29, 1.82) is 0 Å². The van der Waals surface area contributed by atoms with E-state index in [0.717, 1.165) is 16.6 Å². The van der Waals surface area contributed by atoms with Gasteiger partial charge in [-0.05, 0) is 12.1 Å². The highest BCUT2D eigenvalue weighted by atomic mass is 16.7. The van der Waals surface area contributed by atoms with E-state index in [1.54, 1.807) is 0 Å². The molecule has 4 nitrogen and oxygen atoms in total. The van der Waals surface area contributed by atoms with Crippen molar-refractivity contribution in [2.24, 2.45) is 5.92 Å². The molecule has 0 aliphatic heterocycles. The van der Waals surface area contributed by atoms with Crippen LogP contribution in [-0.4, -0.2) is 15.7 Å². The van der Waals surface area contributed by atoms with E-state index in [2.05, 4.69) is 4.98 Å². The molecule has 2 aromatic carbocycles. The molecule has 0 radical (unpaired) electrons. The standard InChI is InChI=1S/C17H16N2O2/c1-12(2)17(20)21-19-15-11-7-6-10-14(15)18-16(19)13-8-4-3-5-9-13/h3-12H,1-2H3. The fourth-order valence-corrected chi connectivity index (χ4v) is 2.06. The summed E-state index contributed by atoms with van der Waals surface area (Å²) in [7, 11) is 0. The second-order valence-electron chi connectivity index (χ2n) is 5.15. The third-order valence-electron chi connectivity index (χ3n) is 3.20. The highest BCUT2D eigenvalue weighted by molar-refractivity contribution is 5.81. The van der Waals surface area contributed by atoms with Crippen molar-refractivity contribution in [3.63, 3.8) is 0 Å². The lowest BCUT2D eigenvalue weighted by Crippen LogP contribution is -2.24. The minimum absolute atomic E-state index is 0.199. The third-order valence-corrected chi connectivity index (χ3v) is 3.20. The summed E-state index contributed by atoms with van der Waals surface area (Å²) in [6.07, 6.45) is 0. The monoisotopic (exact) mass is 280 g/mol. The number of para-hydroxylation sites is 2. The molecule has 0 atom stereocenters. The van der Waals surface area contributed by atoms with Crippen molar-refractivity contribution in [3.05, 3.63) is 54.6 Å². The molecule has 3 rings (SSSR count). The summed E-state index contributed by atoms with van der Waals surface area (Å²) >= 11 is 0. The van der Waals surface area contributed by atoms with Gasteiger partial charge in [-0.1, -0.05) is 56.3 Å². The van der Waals surface area contributed by atoms with E-state index >= 15 is 0 Å². The average molecular weight is 280 g/mol. The zero-order valence-electron chi connectivity index (χ0n) is 12.0. The van der Waals surface area contributed by atoms with Gasteiger partial charge in [0, 0.05) is 5.56 Å². The fourth-order valence-electron chi connectivity index (χ4n) is 2.06. The molecule has 106 valence electrons. The van der Waals surface area contributed by atoms with Crippen LogP contribution in [0.5, 0.6) is 0 Å². The van der Waals surface area contributed by atoms with Crippen LogP contribution >= 0.6 is 0 Å². The third kappa shape index (κ3) is 2.52. The van der Waals surface area contributed by atoms with E-state index in [1.807, 2.05) is 68.4 Å². The summed E-state index contributed by atoms with van der Waals surface area (Å²) in [6.45, 7) is 3.62. The normalized spacial score (nSPS) is 11.0. The minimum Gasteiger partial charge on any atom is -0.334 e. The Labute approximate surface area is 122 Å². The largest absolute Gasteiger partial charge is 0.335 e. The number of carbonyl (C=O) groups excluding carboxylic acids is 1. The summed E-state index contributed by atoms with van der Waals surface area (Å²) < 4.78 is 1.52. The molecule has 0 spiro atoms. The van der Waals surface area contributed by atoms with Gasteiger partial charge in [-0.3, -0.25) is 0 Å². The predicted octanol–water partition coefficient (Wildman–Crippen LogP) is 3.31. The van der Waals surface area contributed by atoms with Crippen LogP contribution in [0, 0.1) is 5.92 Å². The number of fused-ring (bicyclic) bond motifs is 1. The van der Waals surface area contributed by atoms with Crippen molar-refractivity contribution in [1.82, 2.24) is 9.71 Å². The van der Waals surface area contributed by atoms with Gasteiger partial charge in [0.1, 0.15) is 5.52 Å². The molecule has 3 aromatic rings. The number of nitrogens with zero attached hydrogens (tertiary/aromatic N) is 2. The number of rotatable bonds is 3. The van der Waals surface area contributed by atoms with Crippen LogP contribution in [0.4, 0.5) is 0 Å². The maximum atomic E-state index is 12.0. The van der Waals surface area contributed by atoms with Gasteiger partial charge in [0.25, 0.3) is 0 Å². The Kier molecular flexibility index (Phi) is 3.44. The minimum atomic E-state index is -0.282. The van der Waals surface area contributed by atoms with Crippen LogP contribution in [-0.2, 0) is 4.79 Å². The van der Waals surface area contributed by atoms with Crippen molar-refractivity contribution < 1.29 is 9.63 Å².